The van der Waals surface area contributed by atoms with Gasteiger partial charge in [-0.15, -0.1) is 11.8 Å². The molecular formula is C7H6NO2S. The van der Waals surface area contributed by atoms with Gasteiger partial charge in [-0.3, -0.25) is 10.1 Å². The van der Waals surface area contributed by atoms with E-state index in [1.807, 2.05) is 6.26 Å². The van der Waals surface area contributed by atoms with Crippen LogP contribution in [0.15, 0.2) is 23.1 Å². The van der Waals surface area contributed by atoms with Gasteiger partial charge in [0.05, 0.1) is 11.0 Å². The van der Waals surface area contributed by atoms with Gasteiger partial charge in [-0.05, 0) is 18.4 Å². The van der Waals surface area contributed by atoms with Crippen LogP contribution in [0.5, 0.6) is 0 Å². The molecular weight excluding hydrogens is 162 g/mol. The highest BCUT2D eigenvalue weighted by Crippen LogP contribution is 2.19. The second kappa shape index (κ2) is 3.39. The van der Waals surface area contributed by atoms with E-state index in [4.69, 9.17) is 0 Å². The summed E-state index contributed by atoms with van der Waals surface area (Å²) in [5, 5.41) is 10.2. The molecule has 1 radical (unpaired) electrons. The zero-order valence-corrected chi connectivity index (χ0v) is 6.72. The fraction of sp³-hybridized carbons (Fsp3) is 0.143. The lowest BCUT2D eigenvalue weighted by Crippen LogP contribution is -1.87. The van der Waals surface area contributed by atoms with Gasteiger partial charge in [0.25, 0.3) is 5.69 Å². The SMILES string of the molecule is CSc1cc[c]c([N+](=O)[O-])c1. The highest BCUT2D eigenvalue weighted by molar-refractivity contribution is 7.98. The highest BCUT2D eigenvalue weighted by atomic mass is 32.2. The van der Waals surface area contributed by atoms with Crippen molar-refractivity contribution in [1.82, 2.24) is 0 Å². The predicted octanol–water partition coefficient (Wildman–Crippen LogP) is 2.12. The third-order valence-corrected chi connectivity index (χ3v) is 1.92. The first kappa shape index (κ1) is 8.07. The fourth-order valence-electron chi connectivity index (χ4n) is 0.666. The van der Waals surface area contributed by atoms with Crippen LogP contribution in [-0.2, 0) is 0 Å². The number of nitrogens with zero attached hydrogens (tertiary/aromatic N) is 1. The van der Waals surface area contributed by atoms with Crippen molar-refractivity contribution >= 4 is 17.4 Å². The van der Waals surface area contributed by atoms with Crippen LogP contribution in [0.4, 0.5) is 5.69 Å². The second-order valence-corrected chi connectivity index (χ2v) is 2.75. The average molecular weight is 168 g/mol. The number of benzene rings is 1. The Balaban J connectivity index is 3.01. The molecule has 3 nitrogen and oxygen atoms in total. The number of non-ortho nitro benzene ring substituents is 1. The molecule has 0 atom stereocenters. The molecule has 0 fully saturated rings. The number of thioether (sulfide) groups is 1. The van der Waals surface area contributed by atoms with Gasteiger partial charge >= 0.3 is 0 Å². The van der Waals surface area contributed by atoms with Crippen molar-refractivity contribution in [3.63, 3.8) is 0 Å². The largest absolute Gasteiger partial charge is 0.278 e. The predicted molar refractivity (Wildman–Crippen MR) is 43.7 cm³/mol. The Morgan fingerprint density at radius 1 is 1.73 bits per heavy atom. The summed E-state index contributed by atoms with van der Waals surface area (Å²) in [6.45, 7) is 0. The van der Waals surface area contributed by atoms with E-state index in [2.05, 4.69) is 6.07 Å². The van der Waals surface area contributed by atoms with E-state index < -0.39 is 4.92 Å². The molecule has 0 saturated heterocycles. The number of nitro benzene ring substituents is 1. The minimum atomic E-state index is -0.445. The Morgan fingerprint density at radius 3 is 3.00 bits per heavy atom. The maximum absolute atomic E-state index is 10.2. The van der Waals surface area contributed by atoms with E-state index in [1.165, 1.54) is 17.8 Å². The summed E-state index contributed by atoms with van der Waals surface area (Å²) in [6, 6.07) is 7.38. The minimum Gasteiger partial charge on any atom is -0.258 e. The van der Waals surface area contributed by atoms with E-state index in [0.29, 0.717) is 0 Å². The smallest absolute Gasteiger partial charge is 0.258 e. The van der Waals surface area contributed by atoms with E-state index in [0.717, 1.165) is 4.90 Å². The third-order valence-electron chi connectivity index (χ3n) is 1.19. The molecule has 1 aromatic carbocycles. The molecule has 0 aliphatic rings. The Bertz CT molecular complexity index is 275. The maximum atomic E-state index is 10.2. The Kier molecular flexibility index (Phi) is 2.48. The van der Waals surface area contributed by atoms with Gasteiger partial charge in [-0.25, -0.2) is 0 Å². The van der Waals surface area contributed by atoms with E-state index >= 15 is 0 Å². The minimum absolute atomic E-state index is 0.0249. The molecule has 1 aromatic rings. The van der Waals surface area contributed by atoms with Crippen LogP contribution in [0.2, 0.25) is 0 Å². The van der Waals surface area contributed by atoms with Crippen molar-refractivity contribution in [3.05, 3.63) is 34.4 Å². The first-order chi connectivity index (χ1) is 5.24. The lowest BCUT2D eigenvalue weighted by atomic mass is 10.3. The third kappa shape index (κ3) is 1.94. The molecule has 0 unspecified atom stereocenters. The quantitative estimate of drug-likeness (QED) is 0.386. The van der Waals surface area contributed by atoms with E-state index in [1.54, 1.807) is 12.1 Å². The van der Waals surface area contributed by atoms with Crippen LogP contribution >= 0.6 is 11.8 Å². The summed E-state index contributed by atoms with van der Waals surface area (Å²) < 4.78 is 0. The molecule has 0 saturated carbocycles. The molecule has 0 aliphatic heterocycles. The molecule has 57 valence electrons. The van der Waals surface area contributed by atoms with E-state index in [9.17, 15) is 10.1 Å². The van der Waals surface area contributed by atoms with Crippen LogP contribution in [0.25, 0.3) is 0 Å². The summed E-state index contributed by atoms with van der Waals surface area (Å²) in [6.07, 6.45) is 1.87. The van der Waals surface area contributed by atoms with Crippen molar-refractivity contribution in [3.8, 4) is 0 Å². The number of hydrogen-bond acceptors (Lipinski definition) is 3. The van der Waals surface area contributed by atoms with Gasteiger partial charge in [-0.2, -0.15) is 0 Å². The number of nitro groups is 1. The van der Waals surface area contributed by atoms with Gasteiger partial charge in [0.2, 0.25) is 0 Å². The van der Waals surface area contributed by atoms with Crippen LogP contribution in [-0.4, -0.2) is 11.2 Å². The lowest BCUT2D eigenvalue weighted by Gasteiger charge is -1.93. The van der Waals surface area contributed by atoms with Crippen LogP contribution in [0, 0.1) is 16.2 Å². The first-order valence-corrected chi connectivity index (χ1v) is 4.16. The molecule has 11 heavy (non-hydrogen) atoms. The Morgan fingerprint density at radius 2 is 2.45 bits per heavy atom. The van der Waals surface area contributed by atoms with Crippen molar-refractivity contribution < 1.29 is 4.92 Å². The normalized spacial score (nSPS) is 9.55. The molecule has 0 bridgehead atoms. The van der Waals surface area contributed by atoms with Gasteiger partial charge < -0.3 is 0 Å². The monoisotopic (exact) mass is 168 g/mol. The molecule has 0 aliphatic carbocycles. The molecule has 1 rings (SSSR count). The molecule has 0 aromatic heterocycles. The molecule has 4 heteroatoms. The summed E-state index contributed by atoms with van der Waals surface area (Å²) in [5.74, 6) is 0. The van der Waals surface area contributed by atoms with Gasteiger partial charge in [0.1, 0.15) is 0 Å². The van der Waals surface area contributed by atoms with Gasteiger partial charge in [0, 0.05) is 11.0 Å². The molecule has 0 N–H and O–H groups in total. The molecule has 0 spiro atoms. The van der Waals surface area contributed by atoms with E-state index in [-0.39, 0.29) is 5.69 Å². The Labute approximate surface area is 68.6 Å². The van der Waals surface area contributed by atoms with Crippen molar-refractivity contribution in [2.24, 2.45) is 0 Å². The summed E-state index contributed by atoms with van der Waals surface area (Å²) in [7, 11) is 0. The van der Waals surface area contributed by atoms with Gasteiger partial charge in [0.15, 0.2) is 0 Å². The van der Waals surface area contributed by atoms with Gasteiger partial charge in [-0.1, -0.05) is 0 Å². The summed E-state index contributed by atoms with van der Waals surface area (Å²) >= 11 is 1.48. The number of rotatable bonds is 2. The summed E-state index contributed by atoms with van der Waals surface area (Å²) in [4.78, 5) is 10.7. The zero-order chi connectivity index (χ0) is 8.27. The standard InChI is InChI=1S/C7H6NO2S/c1-11-7-4-2-3-6(5-7)8(9)10/h2,4-5H,1H3. The fourth-order valence-corrected chi connectivity index (χ4v) is 1.10. The molecule has 0 heterocycles. The topological polar surface area (TPSA) is 43.1 Å². The zero-order valence-electron chi connectivity index (χ0n) is 5.90. The maximum Gasteiger partial charge on any atom is 0.278 e. The van der Waals surface area contributed by atoms with Crippen molar-refractivity contribution in [2.45, 2.75) is 4.90 Å². The lowest BCUT2D eigenvalue weighted by molar-refractivity contribution is -0.385. The number of hydrogen-bond donors (Lipinski definition) is 0. The first-order valence-electron chi connectivity index (χ1n) is 2.94. The van der Waals surface area contributed by atoms with Crippen molar-refractivity contribution in [2.75, 3.05) is 6.26 Å². The Hall–Kier alpha value is -1.03. The molecule has 0 amide bonds. The van der Waals surface area contributed by atoms with Crippen LogP contribution < -0.4 is 0 Å². The van der Waals surface area contributed by atoms with Crippen LogP contribution in [0.3, 0.4) is 0 Å². The summed E-state index contributed by atoms with van der Waals surface area (Å²) in [5.41, 5.74) is 0.0249. The van der Waals surface area contributed by atoms with Crippen LogP contribution in [0.1, 0.15) is 0 Å². The second-order valence-electron chi connectivity index (χ2n) is 1.87. The highest BCUT2D eigenvalue weighted by Gasteiger charge is 2.04. The average Bonchev–Trinajstić information content (AvgIpc) is 2.05. The van der Waals surface area contributed by atoms with Crippen molar-refractivity contribution in [1.29, 1.82) is 0 Å².